The van der Waals surface area contributed by atoms with Crippen molar-refractivity contribution in [2.24, 2.45) is 11.1 Å². The molecule has 0 radical (unpaired) electrons. The van der Waals surface area contributed by atoms with Gasteiger partial charge in [-0.1, -0.05) is 20.8 Å². The average Bonchev–Trinajstić information content (AvgIpc) is 2.24. The van der Waals surface area contributed by atoms with E-state index in [4.69, 9.17) is 10.8 Å². The van der Waals surface area contributed by atoms with Crippen molar-refractivity contribution in [3.63, 3.8) is 0 Å². The number of anilines is 1. The molecule has 0 saturated heterocycles. The third-order valence-electron chi connectivity index (χ3n) is 3.03. The van der Waals surface area contributed by atoms with Crippen LogP contribution in [-0.2, 0) is 4.79 Å². The quantitative estimate of drug-likeness (QED) is 0.745. The predicted octanol–water partition coefficient (Wildman–Crippen LogP) is 2.18. The van der Waals surface area contributed by atoms with E-state index in [1.54, 1.807) is 19.2 Å². The van der Waals surface area contributed by atoms with E-state index in [1.807, 2.05) is 20.8 Å². The van der Waals surface area contributed by atoms with E-state index < -0.39 is 11.9 Å². The number of nitrogens with one attached hydrogen (secondary N) is 1. The minimum atomic E-state index is -0.898. The molecule has 1 aromatic heterocycles. The lowest BCUT2D eigenvalue weighted by Gasteiger charge is -2.27. The smallest absolute Gasteiger partial charge is 0.305 e. The van der Waals surface area contributed by atoms with Crippen LogP contribution in [0.5, 0.6) is 0 Å². The van der Waals surface area contributed by atoms with E-state index in [1.165, 1.54) is 0 Å². The minimum absolute atomic E-state index is 0.0505. The predicted molar refractivity (Wildman–Crippen MR) is 81.2 cm³/mol. The van der Waals surface area contributed by atoms with Crippen molar-refractivity contribution in [2.75, 3.05) is 5.32 Å². The topological polar surface area (TPSA) is 105 Å². The van der Waals surface area contributed by atoms with Gasteiger partial charge in [-0.15, -0.1) is 0 Å². The van der Waals surface area contributed by atoms with Crippen LogP contribution in [0.2, 0.25) is 0 Å². The zero-order valence-electron chi connectivity index (χ0n) is 12.9. The molecule has 1 aromatic rings. The number of carboxylic acids is 1. The number of primary amides is 1. The van der Waals surface area contributed by atoms with E-state index in [0.29, 0.717) is 23.4 Å². The van der Waals surface area contributed by atoms with Crippen molar-refractivity contribution >= 4 is 17.7 Å². The number of aromatic nitrogens is 1. The third-order valence-corrected chi connectivity index (χ3v) is 3.03. The van der Waals surface area contributed by atoms with E-state index in [0.717, 1.165) is 0 Å². The number of carboxylic acid groups (broad SMARTS) is 1. The first-order chi connectivity index (χ1) is 9.60. The van der Waals surface area contributed by atoms with E-state index >= 15 is 0 Å². The number of carbonyl (C=O) groups excluding carboxylic acids is 1. The molecule has 4 N–H and O–H groups in total. The molecule has 6 nitrogen and oxygen atoms in total. The highest BCUT2D eigenvalue weighted by Crippen LogP contribution is 2.25. The fourth-order valence-electron chi connectivity index (χ4n) is 2.30. The molecule has 0 bridgehead atoms. The summed E-state index contributed by atoms with van der Waals surface area (Å²) in [5, 5.41) is 12.1. The van der Waals surface area contributed by atoms with E-state index in [2.05, 4.69) is 10.3 Å². The summed E-state index contributed by atoms with van der Waals surface area (Å²) >= 11 is 0. The van der Waals surface area contributed by atoms with Crippen LogP contribution in [-0.4, -0.2) is 28.0 Å². The van der Waals surface area contributed by atoms with Gasteiger partial charge in [0, 0.05) is 12.2 Å². The van der Waals surface area contributed by atoms with Gasteiger partial charge < -0.3 is 16.2 Å². The molecule has 0 saturated carbocycles. The Balaban J connectivity index is 3.06. The first-order valence-corrected chi connectivity index (χ1v) is 6.84. The van der Waals surface area contributed by atoms with Gasteiger partial charge in [0.05, 0.1) is 12.0 Å². The summed E-state index contributed by atoms with van der Waals surface area (Å²) in [5.41, 5.74) is 6.35. The number of pyridine rings is 1. The van der Waals surface area contributed by atoms with Crippen LogP contribution < -0.4 is 11.1 Å². The molecule has 0 spiro atoms. The second kappa shape index (κ2) is 6.56. The van der Waals surface area contributed by atoms with Crippen LogP contribution in [0.15, 0.2) is 12.3 Å². The first kappa shape index (κ1) is 16.9. The van der Waals surface area contributed by atoms with Gasteiger partial charge in [0.2, 0.25) is 0 Å². The van der Waals surface area contributed by atoms with Gasteiger partial charge in [0.25, 0.3) is 5.91 Å². The Morgan fingerprint density at radius 2 is 2.05 bits per heavy atom. The third kappa shape index (κ3) is 5.41. The van der Waals surface area contributed by atoms with Gasteiger partial charge in [-0.2, -0.15) is 0 Å². The Morgan fingerprint density at radius 3 is 2.52 bits per heavy atom. The summed E-state index contributed by atoms with van der Waals surface area (Å²) in [6.07, 6.45) is 2.15. The van der Waals surface area contributed by atoms with Gasteiger partial charge in [-0.3, -0.25) is 9.59 Å². The first-order valence-electron chi connectivity index (χ1n) is 6.84. The van der Waals surface area contributed by atoms with Crippen LogP contribution in [0.4, 0.5) is 5.82 Å². The zero-order valence-corrected chi connectivity index (χ0v) is 12.9. The molecule has 1 heterocycles. The molecular weight excluding hydrogens is 270 g/mol. The van der Waals surface area contributed by atoms with E-state index in [9.17, 15) is 9.59 Å². The fourth-order valence-corrected chi connectivity index (χ4v) is 2.30. The molecule has 1 rings (SSSR count). The highest BCUT2D eigenvalue weighted by molar-refractivity contribution is 5.99. The second-order valence-electron chi connectivity index (χ2n) is 6.42. The van der Waals surface area contributed by atoms with Crippen LogP contribution >= 0.6 is 0 Å². The van der Waals surface area contributed by atoms with Crippen molar-refractivity contribution in [1.29, 1.82) is 0 Å². The molecule has 0 aliphatic rings. The van der Waals surface area contributed by atoms with Gasteiger partial charge in [-0.05, 0) is 30.4 Å². The zero-order chi connectivity index (χ0) is 16.2. The van der Waals surface area contributed by atoms with Gasteiger partial charge in [0.1, 0.15) is 5.82 Å². The molecule has 1 unspecified atom stereocenters. The SMILES string of the molecule is Cc1ccnc(NC(CC(=O)O)CC(C)(C)C)c1C(N)=O. The van der Waals surface area contributed by atoms with Gasteiger partial charge in [0.15, 0.2) is 0 Å². The molecule has 116 valence electrons. The standard InChI is InChI=1S/C15H23N3O3/c1-9-5-6-17-14(12(9)13(16)21)18-10(7-11(19)20)8-15(2,3)4/h5-6,10H,7-8H2,1-4H3,(H2,16,21)(H,17,18)(H,19,20). The summed E-state index contributed by atoms with van der Waals surface area (Å²) in [4.78, 5) is 26.7. The highest BCUT2D eigenvalue weighted by Gasteiger charge is 2.23. The summed E-state index contributed by atoms with van der Waals surface area (Å²) in [6.45, 7) is 7.86. The Bertz CT molecular complexity index is 535. The van der Waals surface area contributed by atoms with Crippen molar-refractivity contribution in [3.8, 4) is 0 Å². The minimum Gasteiger partial charge on any atom is -0.481 e. The maximum absolute atomic E-state index is 11.6. The molecule has 21 heavy (non-hydrogen) atoms. The number of nitrogens with zero attached hydrogens (tertiary/aromatic N) is 1. The molecule has 0 aliphatic carbocycles. The fraction of sp³-hybridized carbons (Fsp3) is 0.533. The maximum atomic E-state index is 11.6. The number of hydrogen-bond acceptors (Lipinski definition) is 4. The van der Waals surface area contributed by atoms with Crippen LogP contribution in [0.25, 0.3) is 0 Å². The number of hydrogen-bond donors (Lipinski definition) is 3. The van der Waals surface area contributed by atoms with Crippen molar-refractivity contribution in [3.05, 3.63) is 23.4 Å². The van der Waals surface area contributed by atoms with Crippen molar-refractivity contribution < 1.29 is 14.7 Å². The summed E-state index contributed by atoms with van der Waals surface area (Å²) in [7, 11) is 0. The lowest BCUT2D eigenvalue weighted by atomic mass is 9.87. The lowest BCUT2D eigenvalue weighted by molar-refractivity contribution is -0.137. The largest absolute Gasteiger partial charge is 0.481 e. The molecule has 0 aromatic carbocycles. The number of carbonyl (C=O) groups is 2. The Labute approximate surface area is 124 Å². The van der Waals surface area contributed by atoms with Gasteiger partial charge in [-0.25, -0.2) is 4.98 Å². The van der Waals surface area contributed by atoms with Crippen molar-refractivity contribution in [2.45, 2.75) is 46.6 Å². The van der Waals surface area contributed by atoms with E-state index in [-0.39, 0.29) is 17.9 Å². The molecular formula is C15H23N3O3. The molecule has 0 aliphatic heterocycles. The van der Waals surface area contributed by atoms with Crippen LogP contribution in [0.3, 0.4) is 0 Å². The Hall–Kier alpha value is -2.11. The summed E-state index contributed by atoms with van der Waals surface area (Å²) in [6, 6.07) is 1.37. The molecule has 1 atom stereocenters. The number of aliphatic carboxylic acids is 1. The van der Waals surface area contributed by atoms with Crippen LogP contribution in [0, 0.1) is 12.3 Å². The Kier molecular flexibility index (Phi) is 5.29. The average molecular weight is 293 g/mol. The maximum Gasteiger partial charge on any atom is 0.305 e. The summed E-state index contributed by atoms with van der Waals surface area (Å²) in [5.74, 6) is -1.13. The monoisotopic (exact) mass is 293 g/mol. The van der Waals surface area contributed by atoms with Crippen molar-refractivity contribution in [1.82, 2.24) is 4.98 Å². The number of aryl methyl sites for hydroxylation is 1. The number of amides is 1. The normalized spacial score (nSPS) is 12.8. The van der Waals surface area contributed by atoms with Crippen LogP contribution in [0.1, 0.15) is 49.5 Å². The van der Waals surface area contributed by atoms with Gasteiger partial charge >= 0.3 is 5.97 Å². The highest BCUT2D eigenvalue weighted by atomic mass is 16.4. The number of rotatable bonds is 6. The second-order valence-corrected chi connectivity index (χ2v) is 6.42. The molecule has 6 heteroatoms. The molecule has 0 fully saturated rings. The number of nitrogens with two attached hydrogens (primary N) is 1. The Morgan fingerprint density at radius 1 is 1.43 bits per heavy atom. The summed E-state index contributed by atoms with van der Waals surface area (Å²) < 4.78 is 0. The lowest BCUT2D eigenvalue weighted by Crippen LogP contribution is -2.30. The molecule has 1 amide bonds.